The quantitative estimate of drug-likeness (QED) is 0.0303. The number of unbranched alkanes of at least 4 members (excludes halogenated alkanes) is 23. The minimum atomic E-state index is -0.398. The predicted octanol–water partition coefficient (Wildman–Crippen LogP) is 13.3. The summed E-state index contributed by atoms with van der Waals surface area (Å²) in [6.45, 7) is 7.51. The maximum absolute atomic E-state index is 12.4. The van der Waals surface area contributed by atoms with Gasteiger partial charge < -0.3 is 9.47 Å². The number of esters is 3. The molecule has 0 amide bonds. The summed E-state index contributed by atoms with van der Waals surface area (Å²) in [6.07, 6.45) is 44.2. The van der Waals surface area contributed by atoms with Crippen LogP contribution in [0.4, 0.5) is 0 Å². The molecule has 1 aliphatic rings. The van der Waals surface area contributed by atoms with Crippen molar-refractivity contribution in [3.05, 3.63) is 12.2 Å². The van der Waals surface area contributed by atoms with Crippen molar-refractivity contribution < 1.29 is 23.9 Å². The molecule has 5 heteroatoms. The maximum Gasteiger partial charge on any atom is 0.314 e. The van der Waals surface area contributed by atoms with Crippen LogP contribution >= 0.6 is 0 Å². The van der Waals surface area contributed by atoms with Gasteiger partial charge in [-0.2, -0.15) is 0 Å². The summed E-state index contributed by atoms with van der Waals surface area (Å²) in [4.78, 5) is 32.4. The zero-order chi connectivity index (χ0) is 34.5. The number of carbonyl (C=O) groups is 3. The van der Waals surface area contributed by atoms with E-state index in [0.717, 1.165) is 12.8 Å². The minimum Gasteiger partial charge on any atom is -0.465 e. The highest BCUT2D eigenvalue weighted by atomic mass is 16.6. The van der Waals surface area contributed by atoms with Crippen molar-refractivity contribution in [1.29, 1.82) is 0 Å². The molecule has 0 saturated carbocycles. The fourth-order valence-corrected chi connectivity index (χ4v) is 6.15. The van der Waals surface area contributed by atoms with E-state index < -0.39 is 11.9 Å². The van der Waals surface area contributed by atoms with Crippen molar-refractivity contribution >= 4 is 17.9 Å². The van der Waals surface area contributed by atoms with E-state index in [0.29, 0.717) is 18.9 Å². The molecular formula is C42H78O5. The smallest absolute Gasteiger partial charge is 0.314 e. The zero-order valence-corrected chi connectivity index (χ0v) is 31.6. The average molecular weight is 663 g/mol. The minimum absolute atomic E-state index is 0.0431. The Labute approximate surface area is 292 Å². The number of hydrogen-bond acceptors (Lipinski definition) is 5. The van der Waals surface area contributed by atoms with Gasteiger partial charge in [0.05, 0.1) is 19.4 Å². The van der Waals surface area contributed by atoms with E-state index in [4.69, 9.17) is 4.74 Å². The number of rotatable bonds is 33. The number of cyclic esters (lactones) is 2. The van der Waals surface area contributed by atoms with Crippen LogP contribution in [0, 0.1) is 5.92 Å². The molecule has 1 rings (SSSR count). The van der Waals surface area contributed by atoms with Crippen molar-refractivity contribution in [1.82, 2.24) is 0 Å². The lowest BCUT2D eigenvalue weighted by Crippen LogP contribution is -2.14. The van der Waals surface area contributed by atoms with Crippen LogP contribution in [0.25, 0.3) is 0 Å². The number of hydrogen-bond donors (Lipinski definition) is 0. The molecule has 1 unspecified atom stereocenters. The molecule has 1 fully saturated rings. The van der Waals surface area contributed by atoms with Crippen LogP contribution in [-0.4, -0.2) is 24.5 Å². The summed E-state index contributed by atoms with van der Waals surface area (Å²) < 4.78 is 9.88. The van der Waals surface area contributed by atoms with E-state index in [1.54, 1.807) is 0 Å². The molecule has 0 N–H and O–H groups in total. The van der Waals surface area contributed by atoms with Crippen LogP contribution in [-0.2, 0) is 23.9 Å². The Morgan fingerprint density at radius 1 is 0.553 bits per heavy atom. The molecule has 5 nitrogen and oxygen atoms in total. The van der Waals surface area contributed by atoms with E-state index in [2.05, 4.69) is 37.7 Å². The highest BCUT2D eigenvalue weighted by Crippen LogP contribution is 2.21. The summed E-state index contributed by atoms with van der Waals surface area (Å²) in [5, 5.41) is 0. The second-order valence-electron chi connectivity index (χ2n) is 14.0. The lowest BCUT2D eigenvalue weighted by atomic mass is 9.94. The number of allylic oxidation sites excluding steroid dienone is 2. The zero-order valence-electron chi connectivity index (χ0n) is 31.6. The molecule has 0 aliphatic carbocycles. The topological polar surface area (TPSA) is 69.7 Å². The Morgan fingerprint density at radius 2 is 0.915 bits per heavy atom. The van der Waals surface area contributed by atoms with Gasteiger partial charge in [-0.1, -0.05) is 174 Å². The van der Waals surface area contributed by atoms with Crippen LogP contribution in [0.2, 0.25) is 0 Å². The highest BCUT2D eigenvalue weighted by molar-refractivity contribution is 5.92. The normalized spacial score (nSPS) is 13.5. The summed E-state index contributed by atoms with van der Waals surface area (Å²) >= 11 is 0. The Kier molecular flexibility index (Phi) is 35.9. The van der Waals surface area contributed by atoms with E-state index in [-0.39, 0.29) is 18.8 Å². The summed E-state index contributed by atoms with van der Waals surface area (Å²) in [5.74, 6) is -0.180. The van der Waals surface area contributed by atoms with Crippen molar-refractivity contribution in [2.24, 2.45) is 5.92 Å². The van der Waals surface area contributed by atoms with Gasteiger partial charge in [-0.25, -0.2) is 0 Å². The Bertz CT molecular complexity index is 717. The molecule has 1 heterocycles. The first-order valence-corrected chi connectivity index (χ1v) is 20.6. The lowest BCUT2D eigenvalue weighted by Gasteiger charge is -2.17. The van der Waals surface area contributed by atoms with E-state index in [1.807, 2.05) is 0 Å². The van der Waals surface area contributed by atoms with Crippen molar-refractivity contribution in [3.8, 4) is 0 Å². The Hall–Kier alpha value is -1.65. The third kappa shape index (κ3) is 35.5. The second kappa shape index (κ2) is 37.2. The number of carbonyl (C=O) groups excluding carboxylic acids is 3. The molecule has 0 aromatic carbocycles. The first-order valence-electron chi connectivity index (χ1n) is 20.6. The Balaban J connectivity index is 0.00000264. The van der Waals surface area contributed by atoms with Crippen LogP contribution < -0.4 is 0 Å². The fraction of sp³-hybridized carbons (Fsp3) is 0.881. The molecule has 0 aromatic rings. The first kappa shape index (κ1) is 45.3. The standard InChI is InChI=1S/C38H74O2.C4H4O3/c1-4-7-10-13-16-18-19-20-21-22-23-24-26-29-32-35-38(39)40-36-37(33-30-27-15-12-9-6-3)34-31-28-25-17-14-11-8-5-2;5-3-1-2-4(6)7-3/h20-21,37H,4-19,22-36H2,1-3H3;1-2H2/b21-20-;. The molecule has 0 aromatic heterocycles. The van der Waals surface area contributed by atoms with Crippen molar-refractivity contribution in [3.63, 3.8) is 0 Å². The van der Waals surface area contributed by atoms with Crippen LogP contribution in [0.5, 0.6) is 0 Å². The molecule has 1 saturated heterocycles. The molecule has 47 heavy (non-hydrogen) atoms. The van der Waals surface area contributed by atoms with Gasteiger partial charge in [-0.05, 0) is 50.9 Å². The fourth-order valence-electron chi connectivity index (χ4n) is 6.15. The van der Waals surface area contributed by atoms with Gasteiger partial charge in [0.15, 0.2) is 0 Å². The highest BCUT2D eigenvalue weighted by Gasteiger charge is 2.19. The maximum atomic E-state index is 12.4. The van der Waals surface area contributed by atoms with E-state index >= 15 is 0 Å². The van der Waals surface area contributed by atoms with Crippen LogP contribution in [0.1, 0.15) is 226 Å². The van der Waals surface area contributed by atoms with Crippen LogP contribution in [0.3, 0.4) is 0 Å². The SMILES string of the molecule is CCCCCCCC/C=C\CCCCCCCC(=O)OCC(CCCCCCCC)CCCCCCCCCC.O=C1CCC(=O)O1. The molecule has 0 radical (unpaired) electrons. The van der Waals surface area contributed by atoms with Gasteiger partial charge in [-0.15, -0.1) is 0 Å². The Morgan fingerprint density at radius 3 is 1.30 bits per heavy atom. The molecular weight excluding hydrogens is 584 g/mol. The second-order valence-corrected chi connectivity index (χ2v) is 14.0. The monoisotopic (exact) mass is 663 g/mol. The van der Waals surface area contributed by atoms with Crippen molar-refractivity contribution in [2.45, 2.75) is 226 Å². The lowest BCUT2D eigenvalue weighted by molar-refractivity contribution is -0.152. The van der Waals surface area contributed by atoms with Crippen LogP contribution in [0.15, 0.2) is 12.2 Å². The van der Waals surface area contributed by atoms with Gasteiger partial charge in [0.1, 0.15) is 0 Å². The predicted molar refractivity (Wildman–Crippen MR) is 199 cm³/mol. The van der Waals surface area contributed by atoms with Gasteiger partial charge in [0, 0.05) is 6.42 Å². The largest absolute Gasteiger partial charge is 0.465 e. The number of ether oxygens (including phenoxy) is 2. The molecule has 1 aliphatic heterocycles. The first-order chi connectivity index (χ1) is 23.0. The summed E-state index contributed by atoms with van der Waals surface area (Å²) in [5.41, 5.74) is 0. The third-order valence-corrected chi connectivity index (χ3v) is 9.32. The van der Waals surface area contributed by atoms with Gasteiger partial charge in [0.25, 0.3) is 0 Å². The van der Waals surface area contributed by atoms with E-state index in [9.17, 15) is 14.4 Å². The third-order valence-electron chi connectivity index (χ3n) is 9.32. The average Bonchev–Trinajstić information content (AvgIpc) is 3.46. The molecule has 1 atom stereocenters. The van der Waals surface area contributed by atoms with Gasteiger partial charge in [-0.3, -0.25) is 14.4 Å². The molecule has 0 bridgehead atoms. The van der Waals surface area contributed by atoms with Gasteiger partial charge >= 0.3 is 17.9 Å². The van der Waals surface area contributed by atoms with Crippen molar-refractivity contribution in [2.75, 3.05) is 6.61 Å². The molecule has 276 valence electrons. The van der Waals surface area contributed by atoms with E-state index in [1.165, 1.54) is 173 Å². The van der Waals surface area contributed by atoms with Gasteiger partial charge in [0.2, 0.25) is 0 Å². The molecule has 0 spiro atoms. The summed E-state index contributed by atoms with van der Waals surface area (Å²) in [7, 11) is 0. The summed E-state index contributed by atoms with van der Waals surface area (Å²) in [6, 6.07) is 0.